The van der Waals surface area contributed by atoms with Gasteiger partial charge in [0.25, 0.3) is 11.8 Å². The second-order valence-electron chi connectivity index (χ2n) is 7.68. The number of amides is 2. The third kappa shape index (κ3) is 3.09. The number of hydrogen-bond acceptors (Lipinski definition) is 8. The van der Waals surface area contributed by atoms with Gasteiger partial charge in [0.2, 0.25) is 0 Å². The van der Waals surface area contributed by atoms with Crippen molar-refractivity contribution in [2.45, 2.75) is 18.4 Å². The maximum Gasteiger partial charge on any atom is 0.340 e. The Morgan fingerprint density at radius 3 is 1.82 bits per heavy atom. The van der Waals surface area contributed by atoms with Crippen LogP contribution in [-0.4, -0.2) is 38.3 Å². The molecule has 1 saturated heterocycles. The molecule has 33 heavy (non-hydrogen) atoms. The summed E-state index contributed by atoms with van der Waals surface area (Å²) in [4.78, 5) is 33.0. The first-order chi connectivity index (χ1) is 15.8. The minimum absolute atomic E-state index is 0.0371. The Bertz CT molecular complexity index is 1260. The van der Waals surface area contributed by atoms with E-state index < -0.39 is 23.4 Å². The van der Waals surface area contributed by atoms with Gasteiger partial charge in [-0.2, -0.15) is 5.06 Å². The number of hydroxylamine groups is 2. The molecule has 3 aliphatic rings. The van der Waals surface area contributed by atoms with Crippen LogP contribution in [0, 0.1) is 0 Å². The lowest BCUT2D eigenvalue weighted by Gasteiger charge is -2.36. The number of hydrogen-bond donors (Lipinski definition) is 3. The van der Waals surface area contributed by atoms with Crippen molar-refractivity contribution in [1.29, 1.82) is 0 Å². The summed E-state index contributed by atoms with van der Waals surface area (Å²) in [6.45, 7) is 0. The molecule has 166 valence electrons. The molecule has 0 radical (unpaired) electrons. The van der Waals surface area contributed by atoms with Gasteiger partial charge in [0, 0.05) is 41.7 Å². The summed E-state index contributed by atoms with van der Waals surface area (Å²) in [5.41, 5.74) is 1.28. The fourth-order valence-electron chi connectivity index (χ4n) is 4.22. The van der Waals surface area contributed by atoms with Crippen LogP contribution in [-0.2, 0) is 19.9 Å². The fraction of sp³-hybridized carbons (Fsp3) is 0.125. The molecule has 0 unspecified atom stereocenters. The van der Waals surface area contributed by atoms with E-state index in [9.17, 15) is 24.6 Å². The maximum atomic E-state index is 12.5. The molecule has 0 saturated carbocycles. The van der Waals surface area contributed by atoms with Crippen LogP contribution >= 0.6 is 0 Å². The average molecular weight is 447 g/mol. The highest BCUT2D eigenvalue weighted by Gasteiger charge is 2.53. The molecule has 9 heteroatoms. The van der Waals surface area contributed by atoms with E-state index in [0.29, 0.717) is 33.8 Å². The lowest BCUT2D eigenvalue weighted by molar-refractivity contribution is -0.171. The fourth-order valence-corrected chi connectivity index (χ4v) is 4.22. The normalized spacial score (nSPS) is 16.9. The Labute approximate surface area is 187 Å². The molecule has 6 rings (SSSR count). The summed E-state index contributed by atoms with van der Waals surface area (Å²) in [6.07, 6.45) is 0.296. The average Bonchev–Trinajstić information content (AvgIpc) is 3.25. The van der Waals surface area contributed by atoms with Crippen LogP contribution < -0.4 is 4.74 Å². The van der Waals surface area contributed by atoms with E-state index in [1.807, 2.05) is 12.1 Å². The number of fused-ring (bicyclic) bond motifs is 6. The third-order valence-corrected chi connectivity index (χ3v) is 5.71. The van der Waals surface area contributed by atoms with E-state index in [1.165, 1.54) is 24.3 Å². The molecule has 0 atom stereocenters. The van der Waals surface area contributed by atoms with E-state index in [0.717, 1.165) is 0 Å². The van der Waals surface area contributed by atoms with Crippen molar-refractivity contribution in [2.75, 3.05) is 0 Å². The SMILES string of the molecule is O=C1CCC(=O)N1O.O=C1OC2(c3ccc(O)cc3Oc3cc(O)ccc32)c2ccccc21. The smallest absolute Gasteiger partial charge is 0.340 e. The van der Waals surface area contributed by atoms with Crippen LogP contribution in [0.5, 0.6) is 23.0 Å². The molecule has 3 heterocycles. The Morgan fingerprint density at radius 2 is 1.30 bits per heavy atom. The Hall–Kier alpha value is -4.37. The number of phenolic OH excluding ortho intramolecular Hbond substituents is 2. The highest BCUT2D eigenvalue weighted by molar-refractivity contribution is 6.00. The molecule has 2 amide bonds. The van der Waals surface area contributed by atoms with Gasteiger partial charge in [-0.1, -0.05) is 18.2 Å². The first kappa shape index (κ1) is 20.5. The van der Waals surface area contributed by atoms with Gasteiger partial charge in [-0.05, 0) is 30.3 Å². The Morgan fingerprint density at radius 1 is 0.758 bits per heavy atom. The molecular weight excluding hydrogens is 430 g/mol. The zero-order valence-electron chi connectivity index (χ0n) is 17.0. The van der Waals surface area contributed by atoms with Crippen molar-refractivity contribution in [2.24, 2.45) is 0 Å². The van der Waals surface area contributed by atoms with Crippen molar-refractivity contribution in [3.63, 3.8) is 0 Å². The van der Waals surface area contributed by atoms with E-state index in [-0.39, 0.29) is 29.4 Å². The summed E-state index contributed by atoms with van der Waals surface area (Å²) in [6, 6.07) is 16.6. The van der Waals surface area contributed by atoms with Gasteiger partial charge in [-0.15, -0.1) is 0 Å². The Kier molecular flexibility index (Phi) is 4.57. The highest BCUT2D eigenvalue weighted by Crippen LogP contribution is 2.56. The van der Waals surface area contributed by atoms with Crippen molar-refractivity contribution in [3.05, 3.63) is 82.9 Å². The van der Waals surface area contributed by atoms with E-state index >= 15 is 0 Å². The van der Waals surface area contributed by atoms with Crippen LogP contribution in [0.1, 0.15) is 39.9 Å². The minimum atomic E-state index is -1.17. The predicted molar refractivity (Wildman–Crippen MR) is 111 cm³/mol. The summed E-state index contributed by atoms with van der Waals surface area (Å²) >= 11 is 0. The largest absolute Gasteiger partial charge is 0.508 e. The van der Waals surface area contributed by atoms with Crippen molar-refractivity contribution in [1.82, 2.24) is 5.06 Å². The van der Waals surface area contributed by atoms with E-state index in [1.54, 1.807) is 24.3 Å². The molecule has 1 spiro atoms. The van der Waals surface area contributed by atoms with Crippen molar-refractivity contribution >= 4 is 17.8 Å². The number of nitrogens with zero attached hydrogens (tertiary/aromatic N) is 1. The lowest BCUT2D eigenvalue weighted by Crippen LogP contribution is -2.32. The highest BCUT2D eigenvalue weighted by atomic mass is 16.6. The van der Waals surface area contributed by atoms with E-state index in [2.05, 4.69) is 0 Å². The molecule has 3 N–H and O–H groups in total. The molecule has 1 fully saturated rings. The minimum Gasteiger partial charge on any atom is -0.508 e. The van der Waals surface area contributed by atoms with Crippen molar-refractivity contribution < 1.29 is 39.3 Å². The van der Waals surface area contributed by atoms with Gasteiger partial charge in [0.1, 0.15) is 23.0 Å². The molecule has 3 aliphatic heterocycles. The maximum absolute atomic E-state index is 12.5. The van der Waals surface area contributed by atoms with Gasteiger partial charge < -0.3 is 19.7 Å². The molecule has 9 nitrogen and oxygen atoms in total. The quantitative estimate of drug-likeness (QED) is 0.272. The van der Waals surface area contributed by atoms with Crippen LogP contribution in [0.2, 0.25) is 0 Å². The first-order valence-corrected chi connectivity index (χ1v) is 10.0. The summed E-state index contributed by atoms with van der Waals surface area (Å²) in [5.74, 6) is -0.601. The zero-order valence-corrected chi connectivity index (χ0v) is 17.0. The number of imide groups is 1. The number of rotatable bonds is 0. The summed E-state index contributed by atoms with van der Waals surface area (Å²) < 4.78 is 11.8. The topological polar surface area (TPSA) is 134 Å². The second-order valence-corrected chi connectivity index (χ2v) is 7.68. The molecule has 0 aromatic heterocycles. The van der Waals surface area contributed by atoms with Gasteiger partial charge >= 0.3 is 5.97 Å². The molecular formula is C24H17NO8. The van der Waals surface area contributed by atoms with Crippen molar-refractivity contribution in [3.8, 4) is 23.0 Å². The lowest BCUT2D eigenvalue weighted by atomic mass is 9.77. The standard InChI is InChI=1S/C20H12O5.C4H5NO3/c21-11-5-7-15-17(9-11)24-18-10-12(22)6-8-16(18)20(15)14-4-2-1-3-13(14)19(23)25-20;6-3-1-2-4(7)5(3)8/h1-10,21-22H;8H,1-2H2. The van der Waals surface area contributed by atoms with Gasteiger partial charge in [0.05, 0.1) is 5.56 Å². The summed E-state index contributed by atoms with van der Waals surface area (Å²) in [7, 11) is 0. The van der Waals surface area contributed by atoms with Crippen LogP contribution in [0.4, 0.5) is 0 Å². The number of aromatic hydroxyl groups is 2. The van der Waals surface area contributed by atoms with Gasteiger partial charge in [0.15, 0.2) is 5.60 Å². The van der Waals surface area contributed by atoms with Crippen LogP contribution in [0.15, 0.2) is 60.7 Å². The Balaban J connectivity index is 0.000000243. The predicted octanol–water partition coefficient (Wildman–Crippen LogP) is 3.19. The number of carbonyl (C=O) groups is 3. The number of phenols is 2. The summed E-state index contributed by atoms with van der Waals surface area (Å²) in [5, 5.41) is 28.2. The zero-order chi connectivity index (χ0) is 23.3. The van der Waals surface area contributed by atoms with Crippen LogP contribution in [0.25, 0.3) is 0 Å². The number of ether oxygens (including phenoxy) is 2. The first-order valence-electron chi connectivity index (χ1n) is 10.0. The monoisotopic (exact) mass is 447 g/mol. The van der Waals surface area contributed by atoms with Gasteiger partial charge in [-0.25, -0.2) is 4.79 Å². The number of esters is 1. The molecule has 3 aromatic carbocycles. The van der Waals surface area contributed by atoms with E-state index in [4.69, 9.17) is 14.7 Å². The third-order valence-electron chi connectivity index (χ3n) is 5.71. The second kappa shape index (κ2) is 7.35. The van der Waals surface area contributed by atoms with Crippen LogP contribution in [0.3, 0.4) is 0 Å². The van der Waals surface area contributed by atoms with Gasteiger partial charge in [-0.3, -0.25) is 14.8 Å². The number of benzene rings is 3. The molecule has 3 aromatic rings. The molecule has 0 aliphatic carbocycles. The number of carbonyl (C=O) groups excluding carboxylic acids is 3. The molecule has 0 bridgehead atoms.